The highest BCUT2D eigenvalue weighted by molar-refractivity contribution is 7.99. The Bertz CT molecular complexity index is 116. The third-order valence-electron chi connectivity index (χ3n) is 2.72. The van der Waals surface area contributed by atoms with Crippen molar-refractivity contribution in [2.75, 3.05) is 12.3 Å². The monoisotopic (exact) mass is 187 g/mol. The molecule has 0 aromatic rings. The molecule has 1 aliphatic carbocycles. The molecule has 2 heteroatoms. The normalized spacial score (nSPS) is 29.5. The van der Waals surface area contributed by atoms with Gasteiger partial charge in [-0.1, -0.05) is 19.8 Å². The maximum atomic E-state index is 5.72. The molecule has 1 fully saturated rings. The Morgan fingerprint density at radius 1 is 1.42 bits per heavy atom. The number of unbranched alkanes of at least 4 members (excludes halogenated alkanes) is 1. The Labute approximate surface area is 80.5 Å². The van der Waals surface area contributed by atoms with Gasteiger partial charge in [0.1, 0.15) is 0 Å². The molecule has 1 rings (SSSR count). The fourth-order valence-corrected chi connectivity index (χ4v) is 3.48. The Balaban J connectivity index is 2.12. The highest BCUT2D eigenvalue weighted by atomic mass is 32.2. The Kier molecular flexibility index (Phi) is 5.08. The van der Waals surface area contributed by atoms with Gasteiger partial charge in [0, 0.05) is 5.25 Å². The van der Waals surface area contributed by atoms with Gasteiger partial charge in [-0.3, -0.25) is 0 Å². The molecule has 2 N–H and O–H groups in total. The zero-order chi connectivity index (χ0) is 8.81. The summed E-state index contributed by atoms with van der Waals surface area (Å²) in [6.45, 7) is 3.17. The predicted molar refractivity (Wildman–Crippen MR) is 57.5 cm³/mol. The summed E-state index contributed by atoms with van der Waals surface area (Å²) in [4.78, 5) is 0. The van der Waals surface area contributed by atoms with Crippen LogP contribution >= 0.6 is 11.8 Å². The largest absolute Gasteiger partial charge is 0.330 e. The molecule has 0 heterocycles. The topological polar surface area (TPSA) is 26.0 Å². The Morgan fingerprint density at radius 2 is 2.25 bits per heavy atom. The van der Waals surface area contributed by atoms with Gasteiger partial charge in [-0.25, -0.2) is 0 Å². The molecule has 0 saturated heterocycles. The van der Waals surface area contributed by atoms with Crippen LogP contribution in [0.5, 0.6) is 0 Å². The van der Waals surface area contributed by atoms with Gasteiger partial charge in [-0.15, -0.1) is 0 Å². The van der Waals surface area contributed by atoms with Crippen molar-refractivity contribution >= 4 is 11.8 Å². The van der Waals surface area contributed by atoms with Gasteiger partial charge in [0.05, 0.1) is 0 Å². The Morgan fingerprint density at radius 3 is 2.92 bits per heavy atom. The van der Waals surface area contributed by atoms with Gasteiger partial charge in [-0.05, 0) is 37.5 Å². The van der Waals surface area contributed by atoms with Gasteiger partial charge in [0.25, 0.3) is 0 Å². The molecule has 0 bridgehead atoms. The average Bonchev–Trinajstić information content (AvgIpc) is 2.52. The first-order valence-electron chi connectivity index (χ1n) is 5.20. The molecule has 0 radical (unpaired) electrons. The highest BCUT2D eigenvalue weighted by Crippen LogP contribution is 2.34. The minimum Gasteiger partial charge on any atom is -0.330 e. The van der Waals surface area contributed by atoms with E-state index < -0.39 is 0 Å². The van der Waals surface area contributed by atoms with E-state index in [1.807, 2.05) is 0 Å². The van der Waals surface area contributed by atoms with Crippen LogP contribution in [-0.2, 0) is 0 Å². The summed E-state index contributed by atoms with van der Waals surface area (Å²) < 4.78 is 0. The zero-order valence-corrected chi connectivity index (χ0v) is 8.91. The molecule has 1 nitrogen and oxygen atoms in total. The lowest BCUT2D eigenvalue weighted by Gasteiger charge is -2.16. The van der Waals surface area contributed by atoms with E-state index >= 15 is 0 Å². The molecular weight excluding hydrogens is 166 g/mol. The van der Waals surface area contributed by atoms with Crippen LogP contribution in [0, 0.1) is 5.92 Å². The first kappa shape index (κ1) is 10.4. The number of thioether (sulfide) groups is 1. The van der Waals surface area contributed by atoms with E-state index in [-0.39, 0.29) is 0 Å². The maximum Gasteiger partial charge on any atom is 0.00873 e. The summed E-state index contributed by atoms with van der Waals surface area (Å²) in [6.07, 6.45) is 6.90. The van der Waals surface area contributed by atoms with Gasteiger partial charge in [0.2, 0.25) is 0 Å². The second-order valence-corrected chi connectivity index (χ2v) is 5.04. The van der Waals surface area contributed by atoms with Crippen molar-refractivity contribution in [3.8, 4) is 0 Å². The first-order valence-corrected chi connectivity index (χ1v) is 6.25. The van der Waals surface area contributed by atoms with E-state index in [9.17, 15) is 0 Å². The maximum absolute atomic E-state index is 5.72. The molecule has 0 spiro atoms. The summed E-state index contributed by atoms with van der Waals surface area (Å²) in [6, 6.07) is 0. The molecule has 2 atom stereocenters. The van der Waals surface area contributed by atoms with Crippen molar-refractivity contribution in [2.45, 2.75) is 44.3 Å². The molecule has 1 saturated carbocycles. The lowest BCUT2D eigenvalue weighted by atomic mass is 10.1. The molecule has 12 heavy (non-hydrogen) atoms. The predicted octanol–water partition coefficient (Wildman–Crippen LogP) is 2.65. The van der Waals surface area contributed by atoms with Gasteiger partial charge in [-0.2, -0.15) is 11.8 Å². The molecular formula is C10H21NS. The Hall–Kier alpha value is 0.310. The number of rotatable bonds is 5. The molecule has 0 aromatic heterocycles. The van der Waals surface area contributed by atoms with Crippen LogP contribution in [0.25, 0.3) is 0 Å². The second-order valence-electron chi connectivity index (χ2n) is 3.69. The zero-order valence-electron chi connectivity index (χ0n) is 8.09. The summed E-state index contributed by atoms with van der Waals surface area (Å²) in [5.74, 6) is 2.17. The second kappa shape index (κ2) is 5.87. The lowest BCUT2D eigenvalue weighted by molar-refractivity contribution is 0.573. The molecule has 1 aliphatic rings. The van der Waals surface area contributed by atoms with Gasteiger partial charge < -0.3 is 5.73 Å². The lowest BCUT2D eigenvalue weighted by Crippen LogP contribution is -2.20. The van der Waals surface area contributed by atoms with Crippen molar-refractivity contribution < 1.29 is 0 Å². The summed E-state index contributed by atoms with van der Waals surface area (Å²) >= 11 is 2.16. The van der Waals surface area contributed by atoms with E-state index in [0.29, 0.717) is 0 Å². The van der Waals surface area contributed by atoms with E-state index in [2.05, 4.69) is 18.7 Å². The standard InChI is InChI=1S/C10H21NS/c1-2-3-7-12-10-6-4-5-9(10)8-11/h9-10H,2-8,11H2,1H3. The first-order chi connectivity index (χ1) is 5.88. The molecule has 2 unspecified atom stereocenters. The quantitative estimate of drug-likeness (QED) is 0.670. The van der Waals surface area contributed by atoms with Crippen molar-refractivity contribution in [3.63, 3.8) is 0 Å². The minimum atomic E-state index is 0.826. The van der Waals surface area contributed by atoms with E-state index in [4.69, 9.17) is 5.73 Å². The van der Waals surface area contributed by atoms with Crippen molar-refractivity contribution in [2.24, 2.45) is 11.7 Å². The van der Waals surface area contributed by atoms with Crippen molar-refractivity contribution in [1.82, 2.24) is 0 Å². The van der Waals surface area contributed by atoms with Crippen LogP contribution in [0.2, 0.25) is 0 Å². The highest BCUT2D eigenvalue weighted by Gasteiger charge is 2.25. The smallest absolute Gasteiger partial charge is 0.00873 e. The number of hydrogen-bond acceptors (Lipinski definition) is 2. The molecule has 72 valence electrons. The van der Waals surface area contributed by atoms with Gasteiger partial charge in [0.15, 0.2) is 0 Å². The fourth-order valence-electron chi connectivity index (χ4n) is 1.87. The number of nitrogens with two attached hydrogens (primary N) is 1. The van der Waals surface area contributed by atoms with Crippen LogP contribution in [0.1, 0.15) is 39.0 Å². The minimum absolute atomic E-state index is 0.826. The van der Waals surface area contributed by atoms with E-state index in [1.165, 1.54) is 37.9 Å². The molecule has 0 aromatic carbocycles. The summed E-state index contributed by atoms with van der Waals surface area (Å²) in [5.41, 5.74) is 5.72. The van der Waals surface area contributed by atoms with Gasteiger partial charge >= 0.3 is 0 Å². The summed E-state index contributed by atoms with van der Waals surface area (Å²) in [7, 11) is 0. The van der Waals surface area contributed by atoms with E-state index in [1.54, 1.807) is 0 Å². The number of hydrogen-bond donors (Lipinski definition) is 1. The van der Waals surface area contributed by atoms with Crippen LogP contribution < -0.4 is 5.73 Å². The van der Waals surface area contributed by atoms with Crippen LogP contribution in [0.4, 0.5) is 0 Å². The fraction of sp³-hybridized carbons (Fsp3) is 1.00. The third kappa shape index (κ3) is 2.98. The van der Waals surface area contributed by atoms with Crippen LogP contribution in [0.3, 0.4) is 0 Å². The summed E-state index contributed by atoms with van der Waals surface area (Å²) in [5, 5.41) is 0.890. The van der Waals surface area contributed by atoms with Crippen LogP contribution in [-0.4, -0.2) is 17.5 Å². The molecule has 0 amide bonds. The third-order valence-corrected chi connectivity index (χ3v) is 4.30. The van der Waals surface area contributed by atoms with Crippen molar-refractivity contribution in [3.05, 3.63) is 0 Å². The van der Waals surface area contributed by atoms with Crippen molar-refractivity contribution in [1.29, 1.82) is 0 Å². The molecule has 0 aliphatic heterocycles. The van der Waals surface area contributed by atoms with Crippen LogP contribution in [0.15, 0.2) is 0 Å². The SMILES string of the molecule is CCCCSC1CCCC1CN. The van der Waals surface area contributed by atoms with E-state index in [0.717, 1.165) is 17.7 Å². The average molecular weight is 187 g/mol.